The molecule has 2 fully saturated rings. The predicted octanol–water partition coefficient (Wildman–Crippen LogP) is 1.92. The highest BCUT2D eigenvalue weighted by molar-refractivity contribution is 14.0. The molecule has 7 nitrogen and oxygen atoms in total. The summed E-state index contributed by atoms with van der Waals surface area (Å²) in [6.45, 7) is 5.29. The maximum atomic E-state index is 12.9. The van der Waals surface area contributed by atoms with Crippen molar-refractivity contribution in [2.75, 3.05) is 26.2 Å². The molecular formula is C16H27F3IN7. The van der Waals surface area contributed by atoms with Crippen LogP contribution in [-0.4, -0.2) is 75.0 Å². The first kappa shape index (κ1) is 22.2. The first-order valence-corrected chi connectivity index (χ1v) is 8.97. The van der Waals surface area contributed by atoms with Crippen LogP contribution in [0.3, 0.4) is 0 Å². The van der Waals surface area contributed by atoms with Crippen molar-refractivity contribution in [2.24, 2.45) is 12.0 Å². The Morgan fingerprint density at radius 3 is 2.33 bits per heavy atom. The van der Waals surface area contributed by atoms with Crippen LogP contribution in [0.15, 0.2) is 4.99 Å². The van der Waals surface area contributed by atoms with Crippen LogP contribution in [0.25, 0.3) is 0 Å². The number of aliphatic imine (C=N–C) groups is 1. The number of guanidine groups is 1. The number of halogens is 4. The van der Waals surface area contributed by atoms with Gasteiger partial charge in [-0.3, -0.25) is 4.90 Å². The van der Waals surface area contributed by atoms with Gasteiger partial charge in [0.15, 0.2) is 11.8 Å². The van der Waals surface area contributed by atoms with E-state index in [1.165, 1.54) is 11.8 Å². The molecule has 1 aromatic heterocycles. The third kappa shape index (κ3) is 5.69. The molecule has 1 aromatic rings. The van der Waals surface area contributed by atoms with E-state index in [1.54, 1.807) is 0 Å². The Morgan fingerprint density at radius 2 is 1.85 bits per heavy atom. The van der Waals surface area contributed by atoms with Crippen LogP contribution in [-0.2, 0) is 13.6 Å². The topological polar surface area (TPSA) is 61.6 Å². The summed E-state index contributed by atoms with van der Waals surface area (Å²) in [6.07, 6.45) is -1.98. The number of alkyl halides is 3. The molecule has 1 saturated heterocycles. The summed E-state index contributed by atoms with van der Waals surface area (Å²) in [5.41, 5.74) is 0. The number of aryl methyl sites for hydroxylation is 1. The van der Waals surface area contributed by atoms with Gasteiger partial charge in [0.25, 0.3) is 0 Å². The molecule has 1 atom stereocenters. The zero-order valence-corrected chi connectivity index (χ0v) is 18.2. The van der Waals surface area contributed by atoms with Crippen LogP contribution in [0, 0.1) is 6.92 Å². The molecule has 11 heteroatoms. The highest BCUT2D eigenvalue weighted by atomic mass is 127. The van der Waals surface area contributed by atoms with Gasteiger partial charge in [0, 0.05) is 39.3 Å². The third-order valence-corrected chi connectivity index (χ3v) is 5.10. The molecule has 1 aliphatic heterocycles. The Morgan fingerprint density at radius 1 is 1.22 bits per heavy atom. The largest absolute Gasteiger partial charge is 0.403 e. The average Bonchev–Trinajstić information content (AvgIpc) is 3.37. The van der Waals surface area contributed by atoms with E-state index in [4.69, 9.17) is 0 Å². The number of aromatic nitrogens is 3. The van der Waals surface area contributed by atoms with E-state index in [2.05, 4.69) is 20.5 Å². The molecule has 1 unspecified atom stereocenters. The van der Waals surface area contributed by atoms with Crippen molar-refractivity contribution >= 4 is 29.9 Å². The monoisotopic (exact) mass is 501 g/mol. The number of piperazine rings is 1. The van der Waals surface area contributed by atoms with Crippen LogP contribution >= 0.6 is 24.0 Å². The lowest BCUT2D eigenvalue weighted by Gasteiger charge is -2.39. The highest BCUT2D eigenvalue weighted by Crippen LogP contribution is 2.25. The maximum Gasteiger partial charge on any atom is 0.403 e. The van der Waals surface area contributed by atoms with Crippen LogP contribution in [0.5, 0.6) is 0 Å². The molecule has 0 bridgehead atoms. The zero-order valence-electron chi connectivity index (χ0n) is 15.8. The van der Waals surface area contributed by atoms with Crippen molar-refractivity contribution < 1.29 is 13.2 Å². The van der Waals surface area contributed by atoms with Crippen LogP contribution < -0.4 is 5.32 Å². The lowest BCUT2D eigenvalue weighted by molar-refractivity contribution is -0.181. The third-order valence-electron chi connectivity index (χ3n) is 5.10. The molecule has 154 valence electrons. The summed E-state index contributed by atoms with van der Waals surface area (Å²) in [5, 5.41) is 11.6. The summed E-state index contributed by atoms with van der Waals surface area (Å²) in [7, 11) is 1.89. The van der Waals surface area contributed by atoms with E-state index in [-0.39, 0.29) is 24.0 Å². The fraction of sp³-hybridized carbons (Fsp3) is 0.812. The first-order valence-electron chi connectivity index (χ1n) is 8.97. The fourth-order valence-corrected chi connectivity index (χ4v) is 2.91. The summed E-state index contributed by atoms with van der Waals surface area (Å²) in [5.74, 6) is 2.34. The van der Waals surface area contributed by atoms with Gasteiger partial charge in [-0.1, -0.05) is 0 Å². The molecule has 0 spiro atoms. The van der Waals surface area contributed by atoms with Crippen molar-refractivity contribution in [2.45, 2.75) is 51.5 Å². The molecule has 2 heterocycles. The van der Waals surface area contributed by atoms with Crippen LogP contribution in [0.1, 0.15) is 31.4 Å². The molecule has 2 aliphatic rings. The Hall–Kier alpha value is -1.11. The molecule has 3 rings (SSSR count). The van der Waals surface area contributed by atoms with Crippen molar-refractivity contribution in [3.63, 3.8) is 0 Å². The molecule has 27 heavy (non-hydrogen) atoms. The number of hydrogen-bond acceptors (Lipinski definition) is 4. The number of nitrogens with zero attached hydrogens (tertiary/aromatic N) is 6. The van der Waals surface area contributed by atoms with Gasteiger partial charge < -0.3 is 14.8 Å². The molecule has 0 radical (unpaired) electrons. The van der Waals surface area contributed by atoms with Gasteiger partial charge >= 0.3 is 6.18 Å². The predicted molar refractivity (Wildman–Crippen MR) is 107 cm³/mol. The minimum Gasteiger partial charge on any atom is -0.353 e. The average molecular weight is 501 g/mol. The van der Waals surface area contributed by atoms with Gasteiger partial charge in [-0.25, -0.2) is 4.99 Å². The SMILES string of the molecule is Cc1nnc(CN=C(NC2CC2)N2CCN(C(C)C(F)(F)F)CC2)n1C.I. The summed E-state index contributed by atoms with van der Waals surface area (Å²) in [6, 6.07) is -0.995. The quantitative estimate of drug-likeness (QED) is 0.388. The summed E-state index contributed by atoms with van der Waals surface area (Å²) < 4.78 is 40.6. The molecule has 1 aliphatic carbocycles. The second-order valence-corrected chi connectivity index (χ2v) is 7.02. The Labute approximate surface area is 174 Å². The van der Waals surface area contributed by atoms with Gasteiger partial charge in [0.05, 0.1) is 0 Å². The van der Waals surface area contributed by atoms with E-state index in [9.17, 15) is 13.2 Å². The Balaban J connectivity index is 0.00000261. The Kier molecular flexibility index (Phi) is 7.33. The van der Waals surface area contributed by atoms with Gasteiger partial charge in [0.1, 0.15) is 18.4 Å². The standard InChI is InChI=1S/C16H26F3N7.HI/c1-11(16(17,18)19)25-6-8-26(9-7-25)15(21-13-4-5-13)20-10-14-23-22-12(2)24(14)3;/h11,13H,4-10H2,1-3H3,(H,20,21);1H. The zero-order chi connectivity index (χ0) is 18.9. The number of hydrogen-bond donors (Lipinski definition) is 1. The van der Waals surface area contributed by atoms with Crippen molar-refractivity contribution in [3.05, 3.63) is 11.6 Å². The highest BCUT2D eigenvalue weighted by Gasteiger charge is 2.41. The summed E-state index contributed by atoms with van der Waals surface area (Å²) in [4.78, 5) is 8.18. The van der Waals surface area contributed by atoms with E-state index < -0.39 is 12.2 Å². The van der Waals surface area contributed by atoms with Crippen LogP contribution in [0.2, 0.25) is 0 Å². The van der Waals surface area contributed by atoms with E-state index in [0.29, 0.717) is 38.8 Å². The van der Waals surface area contributed by atoms with Gasteiger partial charge in [0.2, 0.25) is 0 Å². The fourth-order valence-electron chi connectivity index (χ4n) is 2.91. The maximum absolute atomic E-state index is 12.9. The van der Waals surface area contributed by atoms with Gasteiger partial charge in [-0.15, -0.1) is 34.2 Å². The molecule has 1 saturated carbocycles. The van der Waals surface area contributed by atoms with Crippen LogP contribution in [0.4, 0.5) is 13.2 Å². The smallest absolute Gasteiger partial charge is 0.353 e. The first-order chi connectivity index (χ1) is 12.3. The normalized spacial score (nSPS) is 20.4. The number of rotatable bonds is 4. The lowest BCUT2D eigenvalue weighted by atomic mass is 10.2. The van der Waals surface area contributed by atoms with Crippen molar-refractivity contribution in [3.8, 4) is 0 Å². The second kappa shape index (κ2) is 8.93. The number of nitrogens with one attached hydrogen (secondary N) is 1. The van der Waals surface area contributed by atoms with E-state index in [1.807, 2.05) is 23.4 Å². The van der Waals surface area contributed by atoms with Gasteiger partial charge in [-0.05, 0) is 26.7 Å². The second-order valence-electron chi connectivity index (χ2n) is 7.02. The van der Waals surface area contributed by atoms with Crippen molar-refractivity contribution in [1.82, 2.24) is 29.9 Å². The lowest BCUT2D eigenvalue weighted by Crippen LogP contribution is -2.57. The minimum atomic E-state index is -4.19. The van der Waals surface area contributed by atoms with E-state index in [0.717, 1.165) is 30.5 Å². The van der Waals surface area contributed by atoms with E-state index >= 15 is 0 Å². The molecule has 0 amide bonds. The molecule has 0 aromatic carbocycles. The van der Waals surface area contributed by atoms with Gasteiger partial charge in [-0.2, -0.15) is 13.2 Å². The molecule has 1 N–H and O–H groups in total. The Bertz CT molecular complexity index is 649. The molecular weight excluding hydrogens is 474 g/mol. The minimum absolute atomic E-state index is 0. The summed E-state index contributed by atoms with van der Waals surface area (Å²) >= 11 is 0. The van der Waals surface area contributed by atoms with Crippen molar-refractivity contribution in [1.29, 1.82) is 0 Å².